The lowest BCUT2D eigenvalue weighted by Crippen LogP contribution is -2.40. The molecule has 3 N–H and O–H groups in total. The van der Waals surface area contributed by atoms with Gasteiger partial charge >= 0.3 is 0 Å². The van der Waals surface area contributed by atoms with Gasteiger partial charge in [-0.1, -0.05) is 19.1 Å². The van der Waals surface area contributed by atoms with Gasteiger partial charge in [0.2, 0.25) is 0 Å². The van der Waals surface area contributed by atoms with Crippen LogP contribution in [0, 0.1) is 0 Å². The monoisotopic (exact) mass is 259 g/mol. The third-order valence-electron chi connectivity index (χ3n) is 4.28. The molecule has 2 unspecified atom stereocenters. The molecule has 0 saturated heterocycles. The Morgan fingerprint density at radius 3 is 2.95 bits per heavy atom. The number of imidazole rings is 1. The van der Waals surface area contributed by atoms with Crippen molar-refractivity contribution in [3.8, 4) is 0 Å². The van der Waals surface area contributed by atoms with Crippen molar-refractivity contribution in [3.63, 3.8) is 0 Å². The normalized spacial score (nSPS) is 27.2. The second-order valence-corrected chi connectivity index (χ2v) is 5.66. The van der Waals surface area contributed by atoms with Crippen molar-refractivity contribution in [1.29, 1.82) is 0 Å². The van der Waals surface area contributed by atoms with Gasteiger partial charge in [-0.15, -0.1) is 0 Å². The number of rotatable bonds is 3. The Labute approximate surface area is 113 Å². The maximum absolute atomic E-state index is 9.43. The van der Waals surface area contributed by atoms with Crippen molar-refractivity contribution >= 4 is 11.0 Å². The molecule has 102 valence electrons. The number of nitrogens with zero attached hydrogens (tertiary/aromatic N) is 2. The van der Waals surface area contributed by atoms with Crippen LogP contribution in [0.5, 0.6) is 0 Å². The summed E-state index contributed by atoms with van der Waals surface area (Å²) in [6.45, 7) is 2.20. The van der Waals surface area contributed by atoms with E-state index >= 15 is 0 Å². The van der Waals surface area contributed by atoms with Crippen molar-refractivity contribution in [1.82, 2.24) is 9.55 Å². The van der Waals surface area contributed by atoms with Crippen LogP contribution < -0.4 is 5.73 Å². The van der Waals surface area contributed by atoms with Crippen LogP contribution in [0.4, 0.5) is 0 Å². The van der Waals surface area contributed by atoms with Crippen LogP contribution >= 0.6 is 0 Å². The molecule has 19 heavy (non-hydrogen) atoms. The number of benzene rings is 1. The molecule has 1 aromatic carbocycles. The summed E-state index contributed by atoms with van der Waals surface area (Å²) in [6, 6.07) is 8.61. The van der Waals surface area contributed by atoms with Crippen LogP contribution in [0.15, 0.2) is 24.3 Å². The first-order valence-electron chi connectivity index (χ1n) is 7.02. The summed E-state index contributed by atoms with van der Waals surface area (Å²) in [5.74, 6) is 1.12. The van der Waals surface area contributed by atoms with Gasteiger partial charge in [0.05, 0.1) is 17.6 Å². The molecule has 4 nitrogen and oxygen atoms in total. The van der Waals surface area contributed by atoms with E-state index in [1.54, 1.807) is 0 Å². The second kappa shape index (κ2) is 4.62. The van der Waals surface area contributed by atoms with Crippen LogP contribution in [-0.2, 0) is 6.42 Å². The van der Waals surface area contributed by atoms with Crippen LogP contribution in [0.3, 0.4) is 0 Å². The van der Waals surface area contributed by atoms with E-state index in [1.807, 2.05) is 6.07 Å². The Bertz CT molecular complexity index is 592. The van der Waals surface area contributed by atoms with Crippen molar-refractivity contribution < 1.29 is 5.11 Å². The van der Waals surface area contributed by atoms with E-state index in [1.165, 1.54) is 5.52 Å². The minimum absolute atomic E-state index is 0.0671. The summed E-state index contributed by atoms with van der Waals surface area (Å²) in [6.07, 6.45) is 3.65. The number of aliphatic hydroxyl groups excluding tert-OH is 1. The molecule has 1 aliphatic rings. The third kappa shape index (κ3) is 2.05. The maximum atomic E-state index is 9.43. The van der Waals surface area contributed by atoms with E-state index in [4.69, 9.17) is 10.7 Å². The van der Waals surface area contributed by atoms with Gasteiger partial charge in [-0.3, -0.25) is 0 Å². The SMILES string of the molecule is CCc1nc2ccccc2n1C1CCC(N)(CO)C1. The summed E-state index contributed by atoms with van der Waals surface area (Å²) < 4.78 is 2.33. The van der Waals surface area contributed by atoms with Crippen molar-refractivity contribution in [3.05, 3.63) is 30.1 Å². The molecule has 1 saturated carbocycles. The highest BCUT2D eigenvalue weighted by Crippen LogP contribution is 2.38. The van der Waals surface area contributed by atoms with Gasteiger partial charge in [0.15, 0.2) is 0 Å². The zero-order valence-corrected chi connectivity index (χ0v) is 11.3. The molecule has 1 aliphatic carbocycles. The van der Waals surface area contributed by atoms with Crippen LogP contribution in [0.1, 0.15) is 38.1 Å². The summed E-state index contributed by atoms with van der Waals surface area (Å²) in [7, 11) is 0. The van der Waals surface area contributed by atoms with Crippen LogP contribution in [0.25, 0.3) is 11.0 Å². The van der Waals surface area contributed by atoms with E-state index in [2.05, 4.69) is 29.7 Å². The van der Waals surface area contributed by atoms with Crippen molar-refractivity contribution in [2.75, 3.05) is 6.61 Å². The highest BCUT2D eigenvalue weighted by Gasteiger charge is 2.37. The molecule has 1 heterocycles. The molecule has 0 spiro atoms. The zero-order chi connectivity index (χ0) is 13.5. The minimum Gasteiger partial charge on any atom is -0.394 e. The second-order valence-electron chi connectivity index (χ2n) is 5.66. The first-order valence-corrected chi connectivity index (χ1v) is 7.02. The van der Waals surface area contributed by atoms with Gasteiger partial charge in [-0.2, -0.15) is 0 Å². The number of aliphatic hydroxyl groups is 1. The molecule has 2 aromatic rings. The smallest absolute Gasteiger partial charge is 0.109 e. The third-order valence-corrected chi connectivity index (χ3v) is 4.28. The van der Waals surface area contributed by atoms with E-state index in [0.717, 1.165) is 37.0 Å². The standard InChI is InChI=1S/C15H21N3O/c1-2-14-17-12-5-3-4-6-13(12)18(14)11-7-8-15(16,9-11)10-19/h3-6,11,19H,2,7-10,16H2,1H3. The molecule has 0 radical (unpaired) electrons. The summed E-state index contributed by atoms with van der Waals surface area (Å²) >= 11 is 0. The van der Waals surface area contributed by atoms with Crippen LogP contribution in [0.2, 0.25) is 0 Å². The van der Waals surface area contributed by atoms with E-state index in [-0.39, 0.29) is 6.61 Å². The number of para-hydroxylation sites is 2. The Morgan fingerprint density at radius 2 is 2.26 bits per heavy atom. The highest BCUT2D eigenvalue weighted by atomic mass is 16.3. The van der Waals surface area contributed by atoms with Gasteiger partial charge < -0.3 is 15.4 Å². The number of fused-ring (bicyclic) bond motifs is 1. The molecule has 3 rings (SSSR count). The number of aromatic nitrogens is 2. The van der Waals surface area contributed by atoms with Crippen molar-refractivity contribution in [2.45, 2.75) is 44.2 Å². The Hall–Kier alpha value is -1.39. The van der Waals surface area contributed by atoms with E-state index in [9.17, 15) is 5.11 Å². The van der Waals surface area contributed by atoms with Gasteiger partial charge in [0.25, 0.3) is 0 Å². The van der Waals surface area contributed by atoms with Gasteiger partial charge in [-0.25, -0.2) is 4.98 Å². The fourth-order valence-corrected chi connectivity index (χ4v) is 3.24. The molecule has 4 heteroatoms. The average Bonchev–Trinajstić information content (AvgIpc) is 2.99. The maximum Gasteiger partial charge on any atom is 0.109 e. The molecule has 0 aliphatic heterocycles. The fourth-order valence-electron chi connectivity index (χ4n) is 3.24. The lowest BCUT2D eigenvalue weighted by Gasteiger charge is -2.22. The molecule has 0 bridgehead atoms. The summed E-state index contributed by atoms with van der Waals surface area (Å²) in [4.78, 5) is 4.71. The predicted molar refractivity (Wildman–Crippen MR) is 76.0 cm³/mol. The molecular formula is C15H21N3O. The first-order chi connectivity index (χ1) is 9.17. The lowest BCUT2D eigenvalue weighted by molar-refractivity contribution is 0.196. The molecule has 1 fully saturated rings. The molecule has 1 aromatic heterocycles. The minimum atomic E-state index is -0.416. The number of aryl methyl sites for hydroxylation is 1. The number of hydrogen-bond acceptors (Lipinski definition) is 3. The molecule has 0 amide bonds. The van der Waals surface area contributed by atoms with Gasteiger partial charge in [-0.05, 0) is 31.4 Å². The lowest BCUT2D eigenvalue weighted by atomic mass is 10.0. The Balaban J connectivity index is 2.05. The largest absolute Gasteiger partial charge is 0.394 e. The van der Waals surface area contributed by atoms with E-state index in [0.29, 0.717) is 6.04 Å². The average molecular weight is 259 g/mol. The number of nitrogens with two attached hydrogens (primary N) is 1. The highest BCUT2D eigenvalue weighted by molar-refractivity contribution is 5.76. The quantitative estimate of drug-likeness (QED) is 0.886. The van der Waals surface area contributed by atoms with Gasteiger partial charge in [0.1, 0.15) is 5.82 Å². The topological polar surface area (TPSA) is 64.1 Å². The zero-order valence-electron chi connectivity index (χ0n) is 11.3. The van der Waals surface area contributed by atoms with Gasteiger partial charge in [0, 0.05) is 18.0 Å². The predicted octanol–water partition coefficient (Wildman–Crippen LogP) is 2.01. The van der Waals surface area contributed by atoms with Crippen molar-refractivity contribution in [2.24, 2.45) is 5.73 Å². The fraction of sp³-hybridized carbons (Fsp3) is 0.533. The molecular weight excluding hydrogens is 238 g/mol. The van der Waals surface area contributed by atoms with E-state index < -0.39 is 5.54 Å². The Morgan fingerprint density at radius 1 is 1.47 bits per heavy atom. The number of hydrogen-bond donors (Lipinski definition) is 2. The Kier molecular flexibility index (Phi) is 3.07. The summed E-state index contributed by atoms with van der Waals surface area (Å²) in [5.41, 5.74) is 8.03. The van der Waals surface area contributed by atoms with Crippen LogP contribution in [-0.4, -0.2) is 26.8 Å². The summed E-state index contributed by atoms with van der Waals surface area (Å²) in [5, 5.41) is 9.43. The molecule has 2 atom stereocenters. The first kappa shape index (κ1) is 12.6.